The van der Waals surface area contributed by atoms with Gasteiger partial charge in [-0.1, -0.05) is 24.4 Å². The molecular formula is C29H35ClFN5O. The van der Waals surface area contributed by atoms with E-state index in [9.17, 15) is 4.39 Å². The maximum Gasteiger partial charge on any atom is 0.318 e. The van der Waals surface area contributed by atoms with Crippen LogP contribution in [0.1, 0.15) is 73.8 Å². The second kappa shape index (κ2) is 8.19. The Morgan fingerprint density at radius 3 is 2.76 bits per heavy atom. The Hall–Kier alpha value is -2.12. The molecule has 1 aromatic carbocycles. The summed E-state index contributed by atoms with van der Waals surface area (Å²) in [4.78, 5) is 17.6. The van der Waals surface area contributed by atoms with Gasteiger partial charge in [0.25, 0.3) is 0 Å². The molecule has 8 heteroatoms. The maximum atomic E-state index is 14.4. The van der Waals surface area contributed by atoms with Crippen LogP contribution in [-0.2, 0) is 24.9 Å². The minimum Gasteiger partial charge on any atom is -0.461 e. The molecule has 0 N–H and O–H groups in total. The van der Waals surface area contributed by atoms with Crippen molar-refractivity contribution in [3.8, 4) is 6.01 Å². The van der Waals surface area contributed by atoms with Gasteiger partial charge in [-0.2, -0.15) is 9.97 Å². The van der Waals surface area contributed by atoms with Gasteiger partial charge in [-0.25, -0.2) is 4.39 Å². The Morgan fingerprint density at radius 2 is 1.89 bits per heavy atom. The average Bonchev–Trinajstić information content (AvgIpc) is 3.42. The number of anilines is 2. The van der Waals surface area contributed by atoms with E-state index in [1.807, 2.05) is 0 Å². The van der Waals surface area contributed by atoms with Crippen molar-refractivity contribution < 1.29 is 9.13 Å². The van der Waals surface area contributed by atoms with Gasteiger partial charge >= 0.3 is 6.01 Å². The fourth-order valence-electron chi connectivity index (χ4n) is 8.51. The number of ether oxygens (including phenoxy) is 1. The molecule has 3 fully saturated rings. The van der Waals surface area contributed by atoms with E-state index in [1.54, 1.807) is 0 Å². The second-order valence-corrected chi connectivity index (χ2v) is 12.6. The summed E-state index contributed by atoms with van der Waals surface area (Å²) in [5, 5.41) is 0.904. The quantitative estimate of drug-likeness (QED) is 0.550. The predicted molar refractivity (Wildman–Crippen MR) is 143 cm³/mol. The van der Waals surface area contributed by atoms with Crippen molar-refractivity contribution in [2.24, 2.45) is 0 Å². The highest BCUT2D eigenvalue weighted by molar-refractivity contribution is 6.31. The number of halogens is 2. The van der Waals surface area contributed by atoms with Crippen LogP contribution in [0.3, 0.4) is 0 Å². The zero-order valence-electron chi connectivity index (χ0n) is 21.4. The number of rotatable bonds is 4. The van der Waals surface area contributed by atoms with Crippen LogP contribution in [-0.4, -0.2) is 59.4 Å². The van der Waals surface area contributed by atoms with Gasteiger partial charge in [-0.15, -0.1) is 0 Å². The van der Waals surface area contributed by atoms with E-state index in [2.05, 4.69) is 26.8 Å². The van der Waals surface area contributed by atoms with Crippen molar-refractivity contribution in [1.82, 2.24) is 14.9 Å². The van der Waals surface area contributed by atoms with Crippen LogP contribution in [0, 0.1) is 0 Å². The molecule has 0 bridgehead atoms. The molecule has 0 amide bonds. The standard InChI is InChI=1S/C29H35ClFN5O/c30-22-6-7-24-25-20(22)8-10-29(25)15-23-21(17-36(24)29)26(34-11-3-1-2-4-12-34)33-27(32-23)37-18-28-9-5-13-35(28)16-19(31)14-28/h6-7,19H,1-5,8-18H2/t19?,28-,29-/m0/s1. The topological polar surface area (TPSA) is 44.7 Å². The number of aromatic nitrogens is 2. The molecule has 6 nitrogen and oxygen atoms in total. The first-order valence-corrected chi connectivity index (χ1v) is 14.7. The van der Waals surface area contributed by atoms with Gasteiger partial charge in [0.05, 0.1) is 16.8 Å². The molecule has 1 aliphatic carbocycles. The van der Waals surface area contributed by atoms with Gasteiger partial charge in [0, 0.05) is 60.9 Å². The number of hydrogen-bond acceptors (Lipinski definition) is 6. The molecule has 1 unspecified atom stereocenters. The van der Waals surface area contributed by atoms with E-state index >= 15 is 0 Å². The van der Waals surface area contributed by atoms with Gasteiger partial charge in [0.2, 0.25) is 0 Å². The first-order chi connectivity index (χ1) is 18.1. The van der Waals surface area contributed by atoms with Crippen molar-refractivity contribution in [2.75, 3.05) is 42.6 Å². The van der Waals surface area contributed by atoms with Crippen LogP contribution in [0.4, 0.5) is 15.9 Å². The monoisotopic (exact) mass is 523 g/mol. The second-order valence-electron chi connectivity index (χ2n) is 12.2. The third kappa shape index (κ3) is 3.25. The van der Waals surface area contributed by atoms with Gasteiger partial charge in [0.1, 0.15) is 18.6 Å². The Labute approximate surface area is 223 Å². The van der Waals surface area contributed by atoms with E-state index in [0.717, 1.165) is 74.8 Å². The number of alkyl halides is 1. The SMILES string of the molecule is FC1CN2CCC[C@@]2(COc2nc3c(c(N4CCCCCC4)n2)CN2c4ccc(Cl)c5c4[C@]2(CC5)C3)C1. The van der Waals surface area contributed by atoms with Crippen LogP contribution < -0.4 is 14.5 Å². The van der Waals surface area contributed by atoms with Crippen molar-refractivity contribution in [3.63, 3.8) is 0 Å². The highest BCUT2D eigenvalue weighted by Crippen LogP contribution is 2.62. The molecule has 1 spiro atoms. The molecule has 1 aromatic heterocycles. The van der Waals surface area contributed by atoms with Crippen molar-refractivity contribution in [2.45, 2.75) is 88.0 Å². The largest absolute Gasteiger partial charge is 0.461 e. The first kappa shape index (κ1) is 22.8. The molecule has 6 aliphatic rings. The van der Waals surface area contributed by atoms with Gasteiger partial charge in [-0.3, -0.25) is 4.90 Å². The van der Waals surface area contributed by atoms with Crippen molar-refractivity contribution >= 4 is 23.1 Å². The summed E-state index contributed by atoms with van der Waals surface area (Å²) in [6.07, 6.45) is 9.88. The molecule has 2 aromatic rings. The molecule has 3 saturated heterocycles. The highest BCUT2D eigenvalue weighted by atomic mass is 35.5. The van der Waals surface area contributed by atoms with E-state index in [-0.39, 0.29) is 11.1 Å². The normalized spacial score (nSPS) is 31.9. The Bertz CT molecular complexity index is 1270. The number of hydrogen-bond donors (Lipinski definition) is 0. The van der Waals surface area contributed by atoms with Crippen molar-refractivity contribution in [1.29, 1.82) is 0 Å². The predicted octanol–water partition coefficient (Wildman–Crippen LogP) is 5.18. The molecular weight excluding hydrogens is 489 g/mol. The summed E-state index contributed by atoms with van der Waals surface area (Å²) >= 11 is 6.61. The Balaban J connectivity index is 1.16. The summed E-state index contributed by atoms with van der Waals surface area (Å²) < 4.78 is 20.8. The fourth-order valence-corrected chi connectivity index (χ4v) is 8.76. The van der Waals surface area contributed by atoms with Crippen molar-refractivity contribution in [3.05, 3.63) is 39.5 Å². The lowest BCUT2D eigenvalue weighted by Crippen LogP contribution is -2.57. The molecule has 196 valence electrons. The Morgan fingerprint density at radius 1 is 1.03 bits per heavy atom. The lowest BCUT2D eigenvalue weighted by Gasteiger charge is -2.56. The van der Waals surface area contributed by atoms with Crippen LogP contribution in [0.15, 0.2) is 12.1 Å². The molecule has 3 atom stereocenters. The number of benzene rings is 1. The van der Waals surface area contributed by atoms with Gasteiger partial charge in [0.15, 0.2) is 0 Å². The van der Waals surface area contributed by atoms with Crippen LogP contribution in [0.5, 0.6) is 6.01 Å². The summed E-state index contributed by atoms with van der Waals surface area (Å²) in [6.45, 7) is 4.89. The minimum absolute atomic E-state index is 0.0120. The molecule has 0 radical (unpaired) electrons. The maximum absolute atomic E-state index is 14.4. The zero-order chi connectivity index (χ0) is 24.8. The number of nitrogens with zero attached hydrogens (tertiary/aromatic N) is 5. The van der Waals surface area contributed by atoms with Crippen LogP contribution in [0.2, 0.25) is 5.02 Å². The summed E-state index contributed by atoms with van der Waals surface area (Å²) in [5.41, 5.74) is 6.34. The van der Waals surface area contributed by atoms with Gasteiger partial charge in [-0.05, 0) is 62.8 Å². The lowest BCUT2D eigenvalue weighted by molar-refractivity contribution is 0.107. The average molecular weight is 524 g/mol. The fraction of sp³-hybridized carbons (Fsp3) is 0.655. The van der Waals surface area contributed by atoms with Gasteiger partial charge < -0.3 is 14.5 Å². The Kier molecular flexibility index (Phi) is 5.05. The highest BCUT2D eigenvalue weighted by Gasteiger charge is 2.57. The molecule has 6 heterocycles. The minimum atomic E-state index is -0.756. The molecule has 5 aliphatic heterocycles. The van der Waals surface area contributed by atoms with E-state index in [0.29, 0.717) is 25.6 Å². The zero-order valence-corrected chi connectivity index (χ0v) is 22.2. The molecule has 8 rings (SSSR count). The first-order valence-electron chi connectivity index (χ1n) is 14.3. The molecule has 37 heavy (non-hydrogen) atoms. The third-order valence-corrected chi connectivity index (χ3v) is 10.6. The summed E-state index contributed by atoms with van der Waals surface area (Å²) in [7, 11) is 0. The third-order valence-electron chi connectivity index (χ3n) is 10.3. The lowest BCUT2D eigenvalue weighted by atomic mass is 9.73. The summed E-state index contributed by atoms with van der Waals surface area (Å²) in [5.74, 6) is 1.06. The van der Waals surface area contributed by atoms with E-state index < -0.39 is 6.17 Å². The van der Waals surface area contributed by atoms with E-state index in [1.165, 1.54) is 48.1 Å². The van der Waals surface area contributed by atoms with Crippen LogP contribution in [0.25, 0.3) is 0 Å². The van der Waals surface area contributed by atoms with E-state index in [4.69, 9.17) is 26.3 Å². The smallest absolute Gasteiger partial charge is 0.318 e. The number of fused-ring (bicyclic) bond motifs is 3. The molecule has 0 saturated carbocycles. The van der Waals surface area contributed by atoms with Crippen LogP contribution >= 0.6 is 11.6 Å². The summed E-state index contributed by atoms with van der Waals surface area (Å²) in [6, 6.07) is 4.75.